The van der Waals surface area contributed by atoms with Crippen LogP contribution in [0.5, 0.6) is 0 Å². The lowest BCUT2D eigenvalue weighted by molar-refractivity contribution is -0.161. The van der Waals surface area contributed by atoms with Gasteiger partial charge in [0.25, 0.3) is 0 Å². The molecule has 0 aliphatic heterocycles. The molecule has 0 amide bonds. The number of phosphoric acid groups is 2. The fraction of sp³-hybridized carbons (Fsp3) is 0.954. The number of phosphoric ester groups is 2. The lowest BCUT2D eigenvalue weighted by atomic mass is 9.99. The second kappa shape index (κ2) is 78.3. The zero-order valence-corrected chi connectivity index (χ0v) is 71.5. The third-order valence-electron chi connectivity index (χ3n) is 20.8. The van der Waals surface area contributed by atoms with Gasteiger partial charge >= 0.3 is 39.5 Å². The Balaban J connectivity index is 5.25. The summed E-state index contributed by atoms with van der Waals surface area (Å²) in [6, 6.07) is 0. The van der Waals surface area contributed by atoms with Crippen LogP contribution in [-0.2, 0) is 65.4 Å². The molecule has 0 fully saturated rings. The monoisotopic (exact) mass is 1550 g/mol. The van der Waals surface area contributed by atoms with Gasteiger partial charge in [-0.2, -0.15) is 0 Å². The van der Waals surface area contributed by atoms with E-state index in [1.165, 1.54) is 283 Å². The maximum absolute atomic E-state index is 13.2. The van der Waals surface area contributed by atoms with Crippen molar-refractivity contribution in [1.29, 1.82) is 0 Å². The molecule has 630 valence electrons. The van der Waals surface area contributed by atoms with Crippen molar-refractivity contribution in [3.8, 4) is 0 Å². The molecular formula is C87H170O17P2. The molecule has 6 atom stereocenters. The number of ether oxygens (including phenoxy) is 4. The molecule has 0 radical (unpaired) electrons. The Kier molecular flexibility index (Phi) is 76.9. The van der Waals surface area contributed by atoms with Gasteiger partial charge in [-0.1, -0.05) is 414 Å². The van der Waals surface area contributed by atoms with E-state index in [-0.39, 0.29) is 25.7 Å². The molecule has 17 nitrogen and oxygen atoms in total. The van der Waals surface area contributed by atoms with E-state index in [9.17, 15) is 43.2 Å². The second-order valence-electron chi connectivity index (χ2n) is 32.0. The summed E-state index contributed by atoms with van der Waals surface area (Å²) in [4.78, 5) is 73.3. The summed E-state index contributed by atoms with van der Waals surface area (Å²) in [6.45, 7) is 9.78. The van der Waals surface area contributed by atoms with Gasteiger partial charge < -0.3 is 33.8 Å². The molecule has 0 aliphatic rings. The zero-order chi connectivity index (χ0) is 77.8. The first-order valence-electron chi connectivity index (χ1n) is 45.0. The number of hydrogen-bond donors (Lipinski definition) is 3. The number of carbonyl (C=O) groups is 4. The third-order valence-corrected chi connectivity index (χ3v) is 22.7. The first kappa shape index (κ1) is 104. The number of aliphatic hydroxyl groups is 1. The molecule has 0 rings (SSSR count). The zero-order valence-electron chi connectivity index (χ0n) is 69.7. The topological polar surface area (TPSA) is 237 Å². The summed E-state index contributed by atoms with van der Waals surface area (Å²) in [5, 5.41) is 10.7. The molecule has 0 aromatic rings. The molecule has 0 aromatic carbocycles. The van der Waals surface area contributed by atoms with Crippen LogP contribution in [0.2, 0.25) is 0 Å². The fourth-order valence-electron chi connectivity index (χ4n) is 13.6. The van der Waals surface area contributed by atoms with Gasteiger partial charge in [-0.15, -0.1) is 0 Å². The van der Waals surface area contributed by atoms with Crippen molar-refractivity contribution in [2.75, 3.05) is 39.6 Å². The highest BCUT2D eigenvalue weighted by atomic mass is 31.2. The molecule has 0 bridgehead atoms. The van der Waals surface area contributed by atoms with Crippen molar-refractivity contribution >= 4 is 39.5 Å². The molecule has 0 heterocycles. The van der Waals surface area contributed by atoms with E-state index in [0.717, 1.165) is 102 Å². The van der Waals surface area contributed by atoms with Crippen LogP contribution in [0.1, 0.15) is 465 Å². The highest BCUT2D eigenvalue weighted by Crippen LogP contribution is 2.45. The van der Waals surface area contributed by atoms with Crippen LogP contribution in [0.15, 0.2) is 0 Å². The lowest BCUT2D eigenvalue weighted by Gasteiger charge is -2.21. The van der Waals surface area contributed by atoms with Gasteiger partial charge in [0.15, 0.2) is 12.2 Å². The van der Waals surface area contributed by atoms with Gasteiger partial charge in [0.05, 0.1) is 26.4 Å². The Bertz CT molecular complexity index is 2030. The summed E-state index contributed by atoms with van der Waals surface area (Å²) >= 11 is 0. The van der Waals surface area contributed by atoms with Crippen LogP contribution in [0.25, 0.3) is 0 Å². The fourth-order valence-corrected chi connectivity index (χ4v) is 15.1. The Morgan fingerprint density at radius 1 is 0.274 bits per heavy atom. The number of esters is 4. The SMILES string of the molecule is CCCCCCCCCCCCCCCCCC(=O)O[C@H](COC(=O)CCCCCCCCCCCCCC)COP(=O)(O)OC[C@H](O)COP(=O)(O)OC[C@@H](COC(=O)CCCCCCCCCCCCCCCCC(C)CC)OC(=O)CCCCCCCCCCCCCCCCCCCCC(C)C. The summed E-state index contributed by atoms with van der Waals surface area (Å²) in [5.74, 6) is -0.428. The van der Waals surface area contributed by atoms with Gasteiger partial charge in [-0.3, -0.25) is 37.3 Å². The van der Waals surface area contributed by atoms with Gasteiger partial charge in [-0.05, 0) is 37.5 Å². The molecule has 0 saturated carbocycles. The maximum atomic E-state index is 13.2. The van der Waals surface area contributed by atoms with Gasteiger partial charge in [-0.25, -0.2) is 9.13 Å². The van der Waals surface area contributed by atoms with Crippen molar-refractivity contribution in [3.05, 3.63) is 0 Å². The number of carbonyl (C=O) groups excluding carboxylic acids is 4. The van der Waals surface area contributed by atoms with E-state index in [1.54, 1.807) is 0 Å². The van der Waals surface area contributed by atoms with E-state index in [2.05, 4.69) is 41.5 Å². The van der Waals surface area contributed by atoms with Crippen molar-refractivity contribution in [1.82, 2.24) is 0 Å². The lowest BCUT2D eigenvalue weighted by Crippen LogP contribution is -2.30. The highest BCUT2D eigenvalue weighted by Gasteiger charge is 2.30. The van der Waals surface area contributed by atoms with Crippen LogP contribution in [0, 0.1) is 11.8 Å². The number of rotatable bonds is 86. The average molecular weight is 1550 g/mol. The molecule has 19 heteroatoms. The number of aliphatic hydroxyl groups excluding tert-OH is 1. The maximum Gasteiger partial charge on any atom is 0.472 e. The molecule has 3 N–H and O–H groups in total. The predicted octanol–water partition coefficient (Wildman–Crippen LogP) is 26.6. The first-order valence-corrected chi connectivity index (χ1v) is 48.0. The average Bonchev–Trinajstić information content (AvgIpc) is 0.904. The van der Waals surface area contributed by atoms with Crippen molar-refractivity contribution in [2.24, 2.45) is 11.8 Å². The second-order valence-corrected chi connectivity index (χ2v) is 34.9. The van der Waals surface area contributed by atoms with Crippen molar-refractivity contribution < 1.29 is 80.2 Å². The Morgan fingerprint density at radius 3 is 0.717 bits per heavy atom. The van der Waals surface area contributed by atoms with Gasteiger partial charge in [0.2, 0.25) is 0 Å². The largest absolute Gasteiger partial charge is 0.472 e. The quantitative estimate of drug-likeness (QED) is 0.0222. The standard InChI is InChI=1S/C87H170O17P2/c1-7-10-12-14-16-18-20-22-27-35-41-47-53-59-65-71-86(91)103-82(75-97-84(89)69-63-57-51-45-39-21-19-17-15-13-11-8-2)77-101-105(93,94)99-73-81(88)74-100-106(95,96)102-78-83(76-98-85(90)70-64-58-52-46-40-34-31-30-33-38-44-50-56-62-68-80(6)9-3)104-87(92)72-66-60-54-48-42-36-29-26-24-23-25-28-32-37-43-49-55-61-67-79(4)5/h79-83,88H,7-78H2,1-6H3,(H,93,94)(H,95,96)/t80?,81-,82+,83+/m0/s1. The van der Waals surface area contributed by atoms with E-state index in [0.29, 0.717) is 25.7 Å². The van der Waals surface area contributed by atoms with Crippen LogP contribution < -0.4 is 0 Å². The Labute approximate surface area is 651 Å². The summed E-state index contributed by atoms with van der Waals surface area (Å²) in [7, 11) is -9.93. The first-order chi connectivity index (χ1) is 51.4. The molecular weight excluding hydrogens is 1380 g/mol. The Hall–Kier alpha value is -1.94. The molecule has 3 unspecified atom stereocenters. The summed E-state index contributed by atoms with van der Waals surface area (Å²) in [5.41, 5.74) is 0. The van der Waals surface area contributed by atoms with Crippen molar-refractivity contribution in [2.45, 2.75) is 484 Å². The minimum atomic E-state index is -4.97. The molecule has 106 heavy (non-hydrogen) atoms. The molecule has 0 aliphatic carbocycles. The highest BCUT2D eigenvalue weighted by molar-refractivity contribution is 7.47. The van der Waals surface area contributed by atoms with Crippen LogP contribution in [0.3, 0.4) is 0 Å². The normalized spacial score (nSPS) is 14.1. The summed E-state index contributed by atoms with van der Waals surface area (Å²) < 4.78 is 69.0. The smallest absolute Gasteiger partial charge is 0.462 e. The van der Waals surface area contributed by atoms with Crippen LogP contribution >= 0.6 is 15.6 Å². The predicted molar refractivity (Wildman–Crippen MR) is 437 cm³/mol. The Morgan fingerprint density at radius 2 is 0.481 bits per heavy atom. The minimum Gasteiger partial charge on any atom is -0.462 e. The molecule has 0 aromatic heterocycles. The number of unbranched alkanes of at least 4 members (excludes halogenated alkanes) is 55. The van der Waals surface area contributed by atoms with E-state index in [4.69, 9.17) is 37.0 Å². The van der Waals surface area contributed by atoms with Gasteiger partial charge in [0, 0.05) is 25.7 Å². The van der Waals surface area contributed by atoms with E-state index >= 15 is 0 Å². The van der Waals surface area contributed by atoms with E-state index in [1.807, 2.05) is 0 Å². The summed E-state index contributed by atoms with van der Waals surface area (Å²) in [6.07, 6.45) is 70.6. The number of hydrogen-bond acceptors (Lipinski definition) is 15. The molecule has 0 saturated heterocycles. The van der Waals surface area contributed by atoms with Crippen molar-refractivity contribution in [3.63, 3.8) is 0 Å². The van der Waals surface area contributed by atoms with E-state index < -0.39 is 97.5 Å². The molecule has 0 spiro atoms. The minimum absolute atomic E-state index is 0.109. The van der Waals surface area contributed by atoms with Crippen LogP contribution in [0.4, 0.5) is 0 Å². The van der Waals surface area contributed by atoms with Gasteiger partial charge in [0.1, 0.15) is 19.3 Å². The van der Waals surface area contributed by atoms with Crippen LogP contribution in [-0.4, -0.2) is 96.7 Å². The third kappa shape index (κ3) is 78.7.